The van der Waals surface area contributed by atoms with E-state index in [1.165, 1.54) is 0 Å². The highest BCUT2D eigenvalue weighted by molar-refractivity contribution is 8.15. The number of ether oxygens (including phenoxy) is 3. The Balaban J connectivity index is 1.17. The van der Waals surface area contributed by atoms with Crippen molar-refractivity contribution in [1.29, 1.82) is 0 Å². The summed E-state index contributed by atoms with van der Waals surface area (Å²) in [5, 5.41) is 40.2. The molecule has 0 bridgehead atoms. The van der Waals surface area contributed by atoms with Crippen LogP contribution in [0.4, 0.5) is 4.79 Å². The van der Waals surface area contributed by atoms with Crippen LogP contribution in [-0.2, 0) is 38.3 Å². The van der Waals surface area contributed by atoms with Gasteiger partial charge >= 0.3 is 5.97 Å². The van der Waals surface area contributed by atoms with Crippen LogP contribution in [0.2, 0.25) is 0 Å². The van der Waals surface area contributed by atoms with E-state index < -0.39 is 41.9 Å². The molecule has 2 aliphatic heterocycles. The number of aromatic nitrogens is 1. The summed E-state index contributed by atoms with van der Waals surface area (Å²) in [5.41, 5.74) is 2.58. The fourth-order valence-electron chi connectivity index (χ4n) is 3.97. The van der Waals surface area contributed by atoms with Gasteiger partial charge in [0.25, 0.3) is 5.24 Å². The molecule has 0 spiro atoms. The molecule has 12 nitrogen and oxygen atoms in total. The van der Waals surface area contributed by atoms with E-state index in [0.29, 0.717) is 31.6 Å². The standard InChI is InChI=1S/C25H28N2O10S/c28-18-19(29)21(23(32)33)37-24(20(18)30)36-9-7-14-1-4-15(26-12-14)8-10-35-16-5-2-13(3-6-16)11-17-22(31)27-25(34)38-17/h1-6,12,17-21,24,28-30H,7-11H2,(H,32,33)(H,27,31,34)/t17-,18+,19+,20-,21+,24-/m1/s1. The number of aliphatic hydroxyl groups is 3. The highest BCUT2D eigenvalue weighted by atomic mass is 32.2. The molecule has 4 rings (SSSR count). The number of imide groups is 1. The molecule has 1 aromatic carbocycles. The molecule has 0 aliphatic carbocycles. The molecule has 0 saturated carbocycles. The van der Waals surface area contributed by atoms with Gasteiger partial charge in [-0.1, -0.05) is 30.0 Å². The number of rotatable bonds is 11. The molecule has 38 heavy (non-hydrogen) atoms. The van der Waals surface area contributed by atoms with Crippen molar-refractivity contribution in [2.45, 2.75) is 55.2 Å². The third kappa shape index (κ3) is 7.07. The van der Waals surface area contributed by atoms with Gasteiger partial charge in [0.1, 0.15) is 24.1 Å². The first-order valence-electron chi connectivity index (χ1n) is 11.9. The molecule has 2 aromatic rings. The Morgan fingerprint density at radius 2 is 1.71 bits per heavy atom. The van der Waals surface area contributed by atoms with Gasteiger partial charge in [-0.2, -0.15) is 0 Å². The topological polar surface area (TPSA) is 185 Å². The summed E-state index contributed by atoms with van der Waals surface area (Å²) in [6.45, 7) is 0.470. The Kier molecular flexibility index (Phi) is 9.31. The number of carbonyl (C=O) groups excluding carboxylic acids is 2. The van der Waals surface area contributed by atoms with Gasteiger partial charge in [-0.05, 0) is 42.2 Å². The Labute approximate surface area is 221 Å². The lowest BCUT2D eigenvalue weighted by Crippen LogP contribution is -2.60. The number of benzene rings is 1. The van der Waals surface area contributed by atoms with E-state index in [0.717, 1.165) is 28.6 Å². The van der Waals surface area contributed by atoms with Crippen molar-refractivity contribution in [2.75, 3.05) is 13.2 Å². The maximum absolute atomic E-state index is 11.7. The average molecular weight is 549 g/mol. The van der Waals surface area contributed by atoms with Gasteiger partial charge < -0.3 is 34.6 Å². The molecule has 2 aliphatic rings. The van der Waals surface area contributed by atoms with Crippen molar-refractivity contribution in [3.63, 3.8) is 0 Å². The molecule has 0 radical (unpaired) electrons. The smallest absolute Gasteiger partial charge is 0.335 e. The lowest BCUT2D eigenvalue weighted by Gasteiger charge is -2.38. The van der Waals surface area contributed by atoms with E-state index in [9.17, 15) is 29.7 Å². The van der Waals surface area contributed by atoms with Crippen LogP contribution in [0.3, 0.4) is 0 Å². The normalized spacial score (nSPS) is 27.2. The maximum atomic E-state index is 11.7. The molecule has 3 heterocycles. The molecular formula is C25H28N2O10S. The zero-order valence-electron chi connectivity index (χ0n) is 20.1. The summed E-state index contributed by atoms with van der Waals surface area (Å²) in [5.74, 6) is -1.06. The minimum Gasteiger partial charge on any atom is -0.493 e. The Hall–Kier alpha value is -3.07. The maximum Gasteiger partial charge on any atom is 0.335 e. The van der Waals surface area contributed by atoms with Gasteiger partial charge in [-0.3, -0.25) is 19.9 Å². The van der Waals surface area contributed by atoms with E-state index in [2.05, 4.69) is 10.3 Å². The SMILES string of the molecule is O=C1NC(=O)[C@@H](Cc2ccc(OCCc3ccc(CCO[C@@H]4O[C@H](C(=O)O)[C@@H](O)[C@H](O)[C@H]4O)cn3)cc2)S1. The largest absolute Gasteiger partial charge is 0.493 e. The average Bonchev–Trinajstić information content (AvgIpc) is 3.21. The summed E-state index contributed by atoms with van der Waals surface area (Å²) < 4.78 is 16.3. The number of hydrogen-bond acceptors (Lipinski definition) is 11. The van der Waals surface area contributed by atoms with Crippen molar-refractivity contribution in [3.8, 4) is 5.75 Å². The molecular weight excluding hydrogens is 520 g/mol. The predicted molar refractivity (Wildman–Crippen MR) is 132 cm³/mol. The molecule has 6 atom stereocenters. The number of aliphatic carboxylic acids is 1. The fourth-order valence-corrected chi connectivity index (χ4v) is 4.83. The van der Waals surface area contributed by atoms with E-state index >= 15 is 0 Å². The van der Waals surface area contributed by atoms with Crippen molar-refractivity contribution in [2.24, 2.45) is 0 Å². The first kappa shape index (κ1) is 28.0. The summed E-state index contributed by atoms with van der Waals surface area (Å²) in [7, 11) is 0. The van der Waals surface area contributed by atoms with E-state index in [1.807, 2.05) is 36.4 Å². The third-order valence-electron chi connectivity index (χ3n) is 6.11. The number of amides is 2. The van der Waals surface area contributed by atoms with Gasteiger partial charge in [0.2, 0.25) is 5.91 Å². The van der Waals surface area contributed by atoms with Crippen LogP contribution in [-0.4, -0.2) is 91.7 Å². The van der Waals surface area contributed by atoms with Crippen LogP contribution in [0.5, 0.6) is 5.75 Å². The first-order chi connectivity index (χ1) is 18.2. The van der Waals surface area contributed by atoms with Crippen molar-refractivity contribution < 1.29 is 49.0 Å². The Morgan fingerprint density at radius 1 is 0.974 bits per heavy atom. The molecule has 2 amide bonds. The van der Waals surface area contributed by atoms with Crippen molar-refractivity contribution >= 4 is 28.9 Å². The number of carbonyl (C=O) groups is 3. The van der Waals surface area contributed by atoms with Crippen LogP contribution < -0.4 is 10.1 Å². The number of pyridine rings is 1. The first-order valence-corrected chi connectivity index (χ1v) is 12.8. The van der Waals surface area contributed by atoms with Gasteiger partial charge in [0.15, 0.2) is 12.4 Å². The van der Waals surface area contributed by atoms with Crippen LogP contribution >= 0.6 is 11.8 Å². The summed E-state index contributed by atoms with van der Waals surface area (Å²) >= 11 is 1.000. The number of carboxylic acid groups (broad SMARTS) is 1. The molecule has 13 heteroatoms. The van der Waals surface area contributed by atoms with Gasteiger partial charge in [0, 0.05) is 18.3 Å². The zero-order chi connectivity index (χ0) is 27.2. The van der Waals surface area contributed by atoms with Gasteiger partial charge in [0.05, 0.1) is 18.5 Å². The third-order valence-corrected chi connectivity index (χ3v) is 7.09. The number of nitrogens with zero attached hydrogens (tertiary/aromatic N) is 1. The predicted octanol–water partition coefficient (Wildman–Crippen LogP) is 0.0485. The number of aliphatic hydroxyl groups excluding tert-OH is 3. The van der Waals surface area contributed by atoms with E-state index in [4.69, 9.17) is 19.3 Å². The fraction of sp³-hybridized carbons (Fsp3) is 0.440. The molecule has 5 N–H and O–H groups in total. The number of nitrogens with one attached hydrogen (secondary N) is 1. The molecule has 1 aromatic heterocycles. The highest BCUT2D eigenvalue weighted by Gasteiger charge is 2.47. The van der Waals surface area contributed by atoms with Crippen LogP contribution in [0.1, 0.15) is 16.8 Å². The second-order valence-corrected chi connectivity index (χ2v) is 10.0. The monoisotopic (exact) mass is 548 g/mol. The van der Waals surface area contributed by atoms with Crippen molar-refractivity contribution in [1.82, 2.24) is 10.3 Å². The molecule has 0 unspecified atom stereocenters. The van der Waals surface area contributed by atoms with E-state index in [1.54, 1.807) is 6.20 Å². The quantitative estimate of drug-likeness (QED) is 0.255. The van der Waals surface area contributed by atoms with Crippen LogP contribution in [0, 0.1) is 0 Å². The molecule has 2 saturated heterocycles. The highest BCUT2D eigenvalue weighted by Crippen LogP contribution is 2.24. The second-order valence-electron chi connectivity index (χ2n) is 8.84. The summed E-state index contributed by atoms with van der Waals surface area (Å²) in [6.07, 6.45) is -5.05. The number of thioether (sulfide) groups is 1. The second kappa shape index (κ2) is 12.7. The van der Waals surface area contributed by atoms with Crippen LogP contribution in [0.15, 0.2) is 42.6 Å². The minimum absolute atomic E-state index is 0.0669. The lowest BCUT2D eigenvalue weighted by atomic mass is 9.99. The van der Waals surface area contributed by atoms with Gasteiger partial charge in [-0.25, -0.2) is 4.79 Å². The Bertz CT molecular complexity index is 1130. The molecule has 204 valence electrons. The lowest BCUT2D eigenvalue weighted by molar-refractivity contribution is -0.293. The summed E-state index contributed by atoms with van der Waals surface area (Å²) in [4.78, 5) is 38.5. The number of carboxylic acids is 1. The van der Waals surface area contributed by atoms with Crippen molar-refractivity contribution in [3.05, 3.63) is 59.4 Å². The minimum atomic E-state index is -1.76. The number of hydrogen-bond donors (Lipinski definition) is 5. The summed E-state index contributed by atoms with van der Waals surface area (Å²) in [6, 6.07) is 11.1. The molecule has 2 fully saturated rings. The van der Waals surface area contributed by atoms with E-state index in [-0.39, 0.29) is 17.8 Å². The van der Waals surface area contributed by atoms with Crippen LogP contribution in [0.25, 0.3) is 0 Å². The Morgan fingerprint density at radius 3 is 2.34 bits per heavy atom. The van der Waals surface area contributed by atoms with Gasteiger partial charge in [-0.15, -0.1) is 0 Å². The zero-order valence-corrected chi connectivity index (χ0v) is 21.0.